The van der Waals surface area contributed by atoms with Gasteiger partial charge in [0.2, 0.25) is 11.8 Å². The molecule has 9 heteroatoms. The van der Waals surface area contributed by atoms with Crippen LogP contribution in [0.25, 0.3) is 22.0 Å². The van der Waals surface area contributed by atoms with Gasteiger partial charge in [0.25, 0.3) is 0 Å². The van der Waals surface area contributed by atoms with Crippen LogP contribution in [-0.2, 0) is 4.74 Å². The van der Waals surface area contributed by atoms with Crippen molar-refractivity contribution in [2.24, 2.45) is 0 Å². The minimum atomic E-state index is -0.298. The molecule has 0 spiro atoms. The topological polar surface area (TPSA) is 115 Å². The summed E-state index contributed by atoms with van der Waals surface area (Å²) in [6.45, 7) is 2.53. The highest BCUT2D eigenvalue weighted by Crippen LogP contribution is 2.34. The normalized spacial score (nSPS) is 19.8. The van der Waals surface area contributed by atoms with Gasteiger partial charge in [0.15, 0.2) is 0 Å². The lowest BCUT2D eigenvalue weighted by atomic mass is 9.92. The molecule has 0 unspecified atom stereocenters. The lowest BCUT2D eigenvalue weighted by Crippen LogP contribution is -2.37. The number of fused-ring (bicyclic) bond motifs is 1. The molecule has 1 saturated carbocycles. The van der Waals surface area contributed by atoms with Crippen LogP contribution < -0.4 is 10.1 Å². The Morgan fingerprint density at radius 3 is 2.79 bits per heavy atom. The van der Waals surface area contributed by atoms with Crippen molar-refractivity contribution in [3.63, 3.8) is 0 Å². The van der Waals surface area contributed by atoms with E-state index in [-0.39, 0.29) is 18.2 Å². The minimum Gasteiger partial charge on any atom is -0.474 e. The number of rotatable bonds is 7. The summed E-state index contributed by atoms with van der Waals surface area (Å²) in [6, 6.07) is 1.91. The monoisotopic (exact) mass is 382 g/mol. The third-order valence-corrected chi connectivity index (χ3v) is 4.62. The number of aromatic nitrogens is 5. The third-order valence-electron chi connectivity index (χ3n) is 4.62. The Hall–Kier alpha value is -2.91. The fourth-order valence-corrected chi connectivity index (χ4v) is 3.13. The van der Waals surface area contributed by atoms with E-state index in [0.29, 0.717) is 42.2 Å². The van der Waals surface area contributed by atoms with Crippen LogP contribution in [0.5, 0.6) is 5.88 Å². The molecule has 0 radical (unpaired) electrons. The van der Waals surface area contributed by atoms with Crippen LogP contribution in [0.1, 0.15) is 19.8 Å². The fourth-order valence-electron chi connectivity index (χ4n) is 3.13. The molecule has 9 nitrogen and oxygen atoms in total. The van der Waals surface area contributed by atoms with Crippen molar-refractivity contribution < 1.29 is 14.6 Å². The van der Waals surface area contributed by atoms with Gasteiger partial charge in [-0.15, -0.1) is 0 Å². The van der Waals surface area contributed by atoms with E-state index < -0.39 is 0 Å². The van der Waals surface area contributed by atoms with Crippen molar-refractivity contribution in [3.8, 4) is 17.0 Å². The van der Waals surface area contributed by atoms with Gasteiger partial charge < -0.3 is 19.9 Å². The molecule has 0 aliphatic heterocycles. The van der Waals surface area contributed by atoms with E-state index in [0.717, 1.165) is 11.1 Å². The molecule has 0 aromatic carbocycles. The number of pyridine rings is 1. The Kier molecular flexibility index (Phi) is 5.27. The van der Waals surface area contributed by atoms with Gasteiger partial charge in [0, 0.05) is 49.5 Å². The minimum absolute atomic E-state index is 0.0429. The first kappa shape index (κ1) is 18.5. The molecule has 146 valence electrons. The summed E-state index contributed by atoms with van der Waals surface area (Å²) in [6.07, 6.45) is 7.59. The summed E-state index contributed by atoms with van der Waals surface area (Å²) in [5.74, 6) is 0.964. The van der Waals surface area contributed by atoms with Crippen LogP contribution in [0.4, 0.5) is 5.95 Å². The maximum atomic E-state index is 9.51. The molecule has 1 fully saturated rings. The Bertz CT molecular complexity index is 949. The molecule has 28 heavy (non-hydrogen) atoms. The Balaban J connectivity index is 1.74. The molecule has 1 atom stereocenters. The van der Waals surface area contributed by atoms with E-state index in [2.05, 4.69) is 25.5 Å². The molecule has 0 bridgehead atoms. The summed E-state index contributed by atoms with van der Waals surface area (Å²) in [4.78, 5) is 13.6. The zero-order valence-electron chi connectivity index (χ0n) is 15.7. The molecule has 3 heterocycles. The molecule has 1 aliphatic carbocycles. The summed E-state index contributed by atoms with van der Waals surface area (Å²) < 4.78 is 11.1. The van der Waals surface area contributed by atoms with Gasteiger partial charge in [0.1, 0.15) is 6.10 Å². The largest absolute Gasteiger partial charge is 0.474 e. The van der Waals surface area contributed by atoms with Gasteiger partial charge in [-0.2, -0.15) is 10.2 Å². The highest BCUT2D eigenvalue weighted by Gasteiger charge is 2.30. The fraction of sp³-hybridized carbons (Fsp3) is 0.421. The van der Waals surface area contributed by atoms with Gasteiger partial charge in [-0.1, -0.05) is 0 Å². The molecule has 4 rings (SSSR count). The van der Waals surface area contributed by atoms with Crippen molar-refractivity contribution >= 4 is 16.9 Å². The molecular formula is C19H22N6O3. The van der Waals surface area contributed by atoms with Crippen molar-refractivity contribution in [2.75, 3.05) is 19.0 Å². The Morgan fingerprint density at radius 1 is 1.21 bits per heavy atom. The number of aliphatic hydroxyl groups is 1. The number of anilines is 1. The maximum absolute atomic E-state index is 9.51. The van der Waals surface area contributed by atoms with Crippen LogP contribution in [0.15, 0.2) is 30.9 Å². The van der Waals surface area contributed by atoms with Crippen molar-refractivity contribution in [1.82, 2.24) is 25.1 Å². The van der Waals surface area contributed by atoms with E-state index in [4.69, 9.17) is 14.5 Å². The number of hydrogen-bond donors (Lipinski definition) is 2. The van der Waals surface area contributed by atoms with Gasteiger partial charge in [0.05, 0.1) is 36.0 Å². The standard InChI is InChI=1S/C19H22N6O3/c1-11(10-27-2)24-19-21-9-16-17(25-19)15(12-3-4-22-23-7-12)8-20-18(16)28-14-5-13(26)6-14/h3-4,7-9,11,13-14,26H,5-6,10H2,1-2H3,(H,21,24,25)/t11-,13-,14+/m0/s1. The molecule has 3 aromatic heterocycles. The van der Waals surface area contributed by atoms with Crippen LogP contribution in [0.2, 0.25) is 0 Å². The highest BCUT2D eigenvalue weighted by atomic mass is 16.5. The smallest absolute Gasteiger partial charge is 0.224 e. The summed E-state index contributed by atoms with van der Waals surface area (Å²) in [7, 11) is 1.65. The summed E-state index contributed by atoms with van der Waals surface area (Å²) in [5, 5.41) is 21.2. The van der Waals surface area contributed by atoms with Gasteiger partial charge in [-0.3, -0.25) is 0 Å². The first-order valence-electron chi connectivity index (χ1n) is 9.17. The second kappa shape index (κ2) is 7.99. The van der Waals surface area contributed by atoms with Crippen molar-refractivity contribution in [2.45, 2.75) is 38.0 Å². The maximum Gasteiger partial charge on any atom is 0.224 e. The van der Waals surface area contributed by atoms with E-state index >= 15 is 0 Å². The number of nitrogens with zero attached hydrogens (tertiary/aromatic N) is 5. The SMILES string of the molecule is COC[C@H](C)Nc1ncc2c(O[C@H]3C[C@@H](O)C3)ncc(-c3ccnnc3)c2n1. The molecule has 2 N–H and O–H groups in total. The molecule has 0 saturated heterocycles. The van der Waals surface area contributed by atoms with Crippen LogP contribution in [0, 0.1) is 0 Å². The van der Waals surface area contributed by atoms with Crippen molar-refractivity contribution in [1.29, 1.82) is 0 Å². The van der Waals surface area contributed by atoms with Crippen LogP contribution in [-0.4, -0.2) is 62.2 Å². The number of methoxy groups -OCH3 is 1. The molecule has 3 aromatic rings. The second-order valence-corrected chi connectivity index (χ2v) is 6.93. The predicted molar refractivity (Wildman–Crippen MR) is 103 cm³/mol. The number of hydrogen-bond acceptors (Lipinski definition) is 9. The van der Waals surface area contributed by atoms with Gasteiger partial charge >= 0.3 is 0 Å². The summed E-state index contributed by atoms with van der Waals surface area (Å²) in [5.41, 5.74) is 2.38. The zero-order chi connectivity index (χ0) is 19.5. The quantitative estimate of drug-likeness (QED) is 0.631. The van der Waals surface area contributed by atoms with Crippen molar-refractivity contribution in [3.05, 3.63) is 30.9 Å². The third kappa shape index (κ3) is 3.85. The van der Waals surface area contributed by atoms with Crippen LogP contribution in [0.3, 0.4) is 0 Å². The lowest BCUT2D eigenvalue weighted by molar-refractivity contribution is -0.0120. The molecule has 0 amide bonds. The second-order valence-electron chi connectivity index (χ2n) is 6.93. The first-order valence-corrected chi connectivity index (χ1v) is 9.17. The van der Waals surface area contributed by atoms with Crippen LogP contribution >= 0.6 is 0 Å². The Morgan fingerprint density at radius 2 is 2.07 bits per heavy atom. The van der Waals surface area contributed by atoms with Gasteiger partial charge in [-0.05, 0) is 13.0 Å². The van der Waals surface area contributed by atoms with E-state index in [1.54, 1.807) is 31.9 Å². The first-order chi connectivity index (χ1) is 13.6. The van der Waals surface area contributed by atoms with E-state index in [1.165, 1.54) is 0 Å². The predicted octanol–water partition coefficient (Wildman–Crippen LogP) is 1.83. The van der Waals surface area contributed by atoms with Gasteiger partial charge in [-0.25, -0.2) is 15.0 Å². The number of nitrogens with one attached hydrogen (secondary N) is 1. The lowest BCUT2D eigenvalue weighted by Gasteiger charge is -2.31. The summed E-state index contributed by atoms with van der Waals surface area (Å²) >= 11 is 0. The number of ether oxygens (including phenoxy) is 2. The number of aliphatic hydroxyl groups excluding tert-OH is 1. The average Bonchev–Trinajstić information content (AvgIpc) is 2.67. The average molecular weight is 382 g/mol. The zero-order valence-corrected chi connectivity index (χ0v) is 15.7. The highest BCUT2D eigenvalue weighted by molar-refractivity contribution is 5.95. The Labute approximate surface area is 162 Å². The van der Waals surface area contributed by atoms with E-state index in [1.807, 2.05) is 13.0 Å². The molecule has 1 aliphatic rings. The molecular weight excluding hydrogens is 360 g/mol. The van der Waals surface area contributed by atoms with E-state index in [9.17, 15) is 5.11 Å².